The number of nitrogens with zero attached hydrogens (tertiary/aromatic N) is 2. The first kappa shape index (κ1) is 23.9. The van der Waals surface area contributed by atoms with Gasteiger partial charge in [0, 0.05) is 24.1 Å². The molecule has 2 aromatic carbocycles. The fourth-order valence-electron chi connectivity index (χ4n) is 4.35. The number of likely N-dealkylation sites (tertiary alicyclic amines) is 1. The molecule has 1 aliphatic heterocycles. The van der Waals surface area contributed by atoms with Gasteiger partial charge in [0.1, 0.15) is 18.1 Å². The van der Waals surface area contributed by atoms with E-state index in [9.17, 15) is 14.7 Å². The van der Waals surface area contributed by atoms with Gasteiger partial charge in [-0.05, 0) is 23.8 Å². The van der Waals surface area contributed by atoms with Crippen LogP contribution in [0.4, 0.5) is 0 Å². The number of hydrogen-bond acceptors (Lipinski definition) is 6. The first-order valence-electron chi connectivity index (χ1n) is 11.1. The van der Waals surface area contributed by atoms with Crippen LogP contribution in [0.15, 0.2) is 66.8 Å². The average molecular weight is 478 g/mol. The normalized spacial score (nSPS) is 17.0. The molecule has 182 valence electrons. The summed E-state index contributed by atoms with van der Waals surface area (Å²) < 4.78 is 18.2. The van der Waals surface area contributed by atoms with Gasteiger partial charge < -0.3 is 24.2 Å². The number of aromatic amines is 1. The van der Waals surface area contributed by atoms with Gasteiger partial charge in [-0.1, -0.05) is 30.0 Å². The Bertz CT molecular complexity index is 1250. The largest absolute Gasteiger partial charge is 0.872 e. The Morgan fingerprint density at radius 3 is 2.57 bits per heavy atom. The number of ketones is 1. The fraction of sp³-hybridized carbons (Fsp3) is 0.269. The van der Waals surface area contributed by atoms with Gasteiger partial charge in [-0.15, -0.1) is 0 Å². The standard InChI is InChI=1S/C26H27N3O6/c1-33-18-8-4-7-17(15-18)23(30)21-22(19-9-5-10-20(34-2)25(19)35-3)29(26(32)24(21)31)13-6-12-28-14-11-27-16-28/h4-5,7-11,14-16,22H,6,12-13H2,1-3H3,(H,30,31). The number of aromatic nitrogens is 2. The lowest BCUT2D eigenvalue weighted by atomic mass is 9.94. The highest BCUT2D eigenvalue weighted by molar-refractivity contribution is 6.46. The van der Waals surface area contributed by atoms with Gasteiger partial charge in [-0.2, -0.15) is 0 Å². The molecule has 1 amide bonds. The van der Waals surface area contributed by atoms with E-state index in [1.54, 1.807) is 48.7 Å². The van der Waals surface area contributed by atoms with E-state index >= 15 is 0 Å². The summed E-state index contributed by atoms with van der Waals surface area (Å²) in [4.78, 5) is 30.9. The maximum atomic E-state index is 13.6. The molecular formula is C26H27N3O6. The van der Waals surface area contributed by atoms with Gasteiger partial charge in [0.2, 0.25) is 12.1 Å². The van der Waals surface area contributed by atoms with E-state index in [0.29, 0.717) is 35.8 Å². The number of aryl methyl sites for hydroxylation is 1. The Labute approximate surface area is 203 Å². The molecule has 1 aromatic heterocycles. The van der Waals surface area contributed by atoms with E-state index in [4.69, 9.17) is 14.2 Å². The molecule has 3 aromatic rings. The highest BCUT2D eigenvalue weighted by Crippen LogP contribution is 2.45. The zero-order valence-corrected chi connectivity index (χ0v) is 19.8. The molecule has 1 atom stereocenters. The van der Waals surface area contributed by atoms with Crippen molar-refractivity contribution in [3.05, 3.63) is 77.9 Å². The minimum absolute atomic E-state index is 0.121. The molecule has 1 aliphatic rings. The van der Waals surface area contributed by atoms with Crippen LogP contribution in [0, 0.1) is 0 Å². The molecule has 1 saturated heterocycles. The Kier molecular flexibility index (Phi) is 7.05. The van der Waals surface area contributed by atoms with Crippen molar-refractivity contribution in [2.45, 2.75) is 19.0 Å². The van der Waals surface area contributed by atoms with Crippen LogP contribution in [0.25, 0.3) is 5.76 Å². The zero-order valence-electron chi connectivity index (χ0n) is 19.8. The number of rotatable bonds is 9. The van der Waals surface area contributed by atoms with Crippen LogP contribution >= 0.6 is 0 Å². The Morgan fingerprint density at radius 1 is 1.09 bits per heavy atom. The molecule has 2 heterocycles. The van der Waals surface area contributed by atoms with Crippen molar-refractivity contribution in [3.63, 3.8) is 0 Å². The number of carbonyl (C=O) groups excluding carboxylic acids is 2. The molecule has 0 aliphatic carbocycles. The number of benzene rings is 2. The summed E-state index contributed by atoms with van der Waals surface area (Å²) in [5.41, 5.74) is 0.646. The summed E-state index contributed by atoms with van der Waals surface area (Å²) in [5, 5.41) is 13.6. The van der Waals surface area contributed by atoms with Crippen LogP contribution in [0.1, 0.15) is 23.6 Å². The third kappa shape index (κ3) is 4.57. The number of Topliss-reactive ketones (excluding diaryl/α,β-unsaturated/α-hetero) is 1. The van der Waals surface area contributed by atoms with Gasteiger partial charge in [-0.25, -0.2) is 4.57 Å². The first-order chi connectivity index (χ1) is 17.0. The van der Waals surface area contributed by atoms with Crippen molar-refractivity contribution in [1.29, 1.82) is 0 Å². The molecule has 0 radical (unpaired) electrons. The molecule has 0 saturated carbocycles. The number of amides is 1. The highest BCUT2D eigenvalue weighted by Gasteiger charge is 2.45. The zero-order chi connectivity index (χ0) is 24.9. The molecular weight excluding hydrogens is 450 g/mol. The summed E-state index contributed by atoms with van der Waals surface area (Å²) in [5.74, 6) is -0.785. The summed E-state index contributed by atoms with van der Waals surface area (Å²) >= 11 is 0. The van der Waals surface area contributed by atoms with Crippen LogP contribution < -0.4 is 23.9 Å². The predicted octanol–water partition coefficient (Wildman–Crippen LogP) is 1.64. The summed E-state index contributed by atoms with van der Waals surface area (Å²) in [6, 6.07) is 10.8. The number of para-hydroxylation sites is 1. The number of hydrogen-bond donors (Lipinski definition) is 1. The van der Waals surface area contributed by atoms with Gasteiger partial charge in [0.15, 0.2) is 11.5 Å². The van der Waals surface area contributed by atoms with E-state index in [1.165, 1.54) is 26.2 Å². The average Bonchev–Trinajstić information content (AvgIpc) is 3.50. The molecule has 1 N–H and O–H groups in total. The number of imidazole rings is 1. The van der Waals surface area contributed by atoms with Crippen LogP contribution in [0.2, 0.25) is 0 Å². The van der Waals surface area contributed by atoms with Crippen molar-refractivity contribution in [2.75, 3.05) is 27.9 Å². The van der Waals surface area contributed by atoms with Crippen LogP contribution in [-0.2, 0) is 16.1 Å². The monoisotopic (exact) mass is 477 g/mol. The second-order valence-electron chi connectivity index (χ2n) is 7.99. The molecule has 0 bridgehead atoms. The molecule has 1 unspecified atom stereocenters. The quantitative estimate of drug-likeness (QED) is 0.217. The van der Waals surface area contributed by atoms with Crippen molar-refractivity contribution in [2.24, 2.45) is 0 Å². The van der Waals surface area contributed by atoms with E-state index in [0.717, 1.165) is 0 Å². The molecule has 0 spiro atoms. The second kappa shape index (κ2) is 10.3. The maximum absolute atomic E-state index is 13.6. The minimum Gasteiger partial charge on any atom is -0.872 e. The fourth-order valence-corrected chi connectivity index (χ4v) is 4.35. The van der Waals surface area contributed by atoms with Gasteiger partial charge in [0.05, 0.1) is 33.9 Å². The van der Waals surface area contributed by atoms with Gasteiger partial charge in [0.25, 0.3) is 5.91 Å². The molecule has 9 heteroatoms. The van der Waals surface area contributed by atoms with E-state index in [1.807, 2.05) is 17.1 Å². The highest BCUT2D eigenvalue weighted by atomic mass is 16.5. The molecule has 9 nitrogen and oxygen atoms in total. The lowest BCUT2D eigenvalue weighted by Gasteiger charge is -2.29. The number of H-pyrrole nitrogens is 1. The minimum atomic E-state index is -0.921. The number of nitrogens with one attached hydrogen (secondary N) is 1. The van der Waals surface area contributed by atoms with E-state index in [2.05, 4.69) is 4.98 Å². The summed E-state index contributed by atoms with van der Waals surface area (Å²) in [6.07, 6.45) is 6.06. The lowest BCUT2D eigenvalue weighted by molar-refractivity contribution is -0.695. The molecule has 1 fully saturated rings. The Morgan fingerprint density at radius 2 is 1.89 bits per heavy atom. The SMILES string of the molecule is COc1cccc(C([O-])=C2C(=O)C(=O)N(CCC[n+]3cc[nH]c3)C2c2cccc(OC)c2OC)c1. The van der Waals surface area contributed by atoms with Crippen LogP contribution in [-0.4, -0.2) is 49.4 Å². The van der Waals surface area contributed by atoms with Crippen molar-refractivity contribution >= 4 is 17.4 Å². The van der Waals surface area contributed by atoms with Crippen LogP contribution in [0.3, 0.4) is 0 Å². The van der Waals surface area contributed by atoms with E-state index in [-0.39, 0.29) is 17.7 Å². The van der Waals surface area contributed by atoms with Crippen molar-refractivity contribution in [1.82, 2.24) is 9.88 Å². The van der Waals surface area contributed by atoms with Crippen LogP contribution in [0.5, 0.6) is 17.2 Å². The number of carbonyl (C=O) groups is 2. The van der Waals surface area contributed by atoms with Gasteiger partial charge >= 0.3 is 0 Å². The molecule has 35 heavy (non-hydrogen) atoms. The van der Waals surface area contributed by atoms with E-state index < -0.39 is 23.5 Å². The Balaban J connectivity index is 1.82. The smallest absolute Gasteiger partial charge is 0.295 e. The third-order valence-corrected chi connectivity index (χ3v) is 6.01. The lowest BCUT2D eigenvalue weighted by Crippen LogP contribution is -2.36. The topological polar surface area (TPSA) is 108 Å². The van der Waals surface area contributed by atoms with Crippen molar-refractivity contribution < 1.29 is 33.5 Å². The number of methoxy groups -OCH3 is 3. The third-order valence-electron chi connectivity index (χ3n) is 6.01. The Hall–Kier alpha value is -4.27. The summed E-state index contributed by atoms with van der Waals surface area (Å²) in [7, 11) is 4.48. The molecule has 4 rings (SSSR count). The van der Waals surface area contributed by atoms with Crippen molar-refractivity contribution in [3.8, 4) is 17.2 Å². The summed E-state index contributed by atoms with van der Waals surface area (Å²) in [6.45, 7) is 0.894. The predicted molar refractivity (Wildman–Crippen MR) is 125 cm³/mol. The number of ether oxygens (including phenoxy) is 3. The second-order valence-corrected chi connectivity index (χ2v) is 7.99. The maximum Gasteiger partial charge on any atom is 0.295 e. The van der Waals surface area contributed by atoms with Gasteiger partial charge in [-0.3, -0.25) is 14.6 Å². The first-order valence-corrected chi connectivity index (χ1v) is 11.1.